The number of fused-ring (bicyclic) bond motifs is 6. The van der Waals surface area contributed by atoms with Gasteiger partial charge in [0.05, 0.1) is 0 Å². The average molecular weight is 608 g/mol. The Bertz CT molecular complexity index is 2380. The first-order chi connectivity index (χ1) is 22.5. The Morgan fingerprint density at radius 2 is 0.978 bits per heavy atom. The van der Waals surface area contributed by atoms with Gasteiger partial charge in [0.1, 0.15) is 0 Å². The second kappa shape index (κ2) is 10.3. The van der Waals surface area contributed by atoms with E-state index in [1.165, 1.54) is 53.6 Å². The third-order valence-corrected chi connectivity index (χ3v) is 10.5. The lowest BCUT2D eigenvalue weighted by Gasteiger charge is -2.21. The predicted octanol–water partition coefficient (Wildman–Crippen LogP) is 11.2. The molecule has 0 saturated carbocycles. The highest BCUT2D eigenvalue weighted by atomic mass is 32.1. The second-order valence-corrected chi connectivity index (χ2v) is 13.6. The summed E-state index contributed by atoms with van der Waals surface area (Å²) in [6.45, 7) is 4.66. The molecule has 8 aromatic rings. The van der Waals surface area contributed by atoms with Crippen molar-refractivity contribution in [2.75, 3.05) is 0 Å². The minimum absolute atomic E-state index is 0.0118. The molecule has 1 aliphatic carbocycles. The van der Waals surface area contributed by atoms with Crippen LogP contribution in [0.4, 0.5) is 0 Å². The van der Waals surface area contributed by atoms with Crippen LogP contribution in [0.3, 0.4) is 0 Å². The zero-order valence-corrected chi connectivity index (χ0v) is 26.3. The molecule has 0 fully saturated rings. The van der Waals surface area contributed by atoms with E-state index >= 15 is 0 Å². The van der Waals surface area contributed by atoms with Gasteiger partial charge in [-0.3, -0.25) is 0 Å². The molecule has 0 amide bonds. The van der Waals surface area contributed by atoms with Crippen LogP contribution in [0.5, 0.6) is 0 Å². The van der Waals surface area contributed by atoms with Crippen LogP contribution in [0.1, 0.15) is 25.0 Å². The van der Waals surface area contributed by atoms with Crippen LogP contribution in [0.15, 0.2) is 140 Å². The maximum absolute atomic E-state index is 4.95. The van der Waals surface area contributed by atoms with Crippen LogP contribution in [-0.2, 0) is 5.41 Å². The normalized spacial score (nSPS) is 13.2. The SMILES string of the molecule is CC1(C)c2ccccc2-c2cc(-c3ccc4sc5cc(-c6nc(-c7ccccc7)nc(-c7ccccc7)n6)ccc5c4c3)ccc21. The van der Waals surface area contributed by atoms with Crippen LogP contribution in [0, 0.1) is 0 Å². The summed E-state index contributed by atoms with van der Waals surface area (Å²) in [7, 11) is 0. The standard InChI is InChI=1S/C42H29N3S/c1-42(2)35-16-10-9-15-31(35)33-23-28(18-21-36(33)42)29-19-22-37-34(24-29)32-20-17-30(25-38(32)46-37)41-44-39(26-11-5-3-6-12-26)43-40(45-41)27-13-7-4-8-14-27/h3-25H,1-2H3. The first-order valence-electron chi connectivity index (χ1n) is 15.6. The predicted molar refractivity (Wildman–Crippen MR) is 192 cm³/mol. The van der Waals surface area contributed by atoms with Crippen molar-refractivity contribution in [2.24, 2.45) is 0 Å². The van der Waals surface area contributed by atoms with Crippen LogP contribution in [-0.4, -0.2) is 15.0 Å². The molecule has 0 spiro atoms. The Morgan fingerprint density at radius 1 is 0.413 bits per heavy atom. The van der Waals surface area contributed by atoms with Crippen molar-refractivity contribution >= 4 is 31.5 Å². The van der Waals surface area contributed by atoms with Gasteiger partial charge in [0.25, 0.3) is 0 Å². The fourth-order valence-electron chi connectivity index (χ4n) is 6.93. The summed E-state index contributed by atoms with van der Waals surface area (Å²) in [6, 6.07) is 49.6. The van der Waals surface area contributed by atoms with Crippen molar-refractivity contribution in [3.05, 3.63) is 151 Å². The van der Waals surface area contributed by atoms with E-state index in [0.717, 1.165) is 16.7 Å². The minimum atomic E-state index is 0.0118. The first-order valence-corrected chi connectivity index (χ1v) is 16.4. The largest absolute Gasteiger partial charge is 0.208 e. The van der Waals surface area contributed by atoms with E-state index in [9.17, 15) is 0 Å². The van der Waals surface area contributed by atoms with Gasteiger partial charge in [-0.1, -0.05) is 129 Å². The van der Waals surface area contributed by atoms with Gasteiger partial charge in [0.15, 0.2) is 17.5 Å². The summed E-state index contributed by atoms with van der Waals surface area (Å²) < 4.78 is 2.49. The topological polar surface area (TPSA) is 38.7 Å². The summed E-state index contributed by atoms with van der Waals surface area (Å²) in [6.07, 6.45) is 0. The molecule has 0 aliphatic heterocycles. The molecule has 2 aromatic heterocycles. The summed E-state index contributed by atoms with van der Waals surface area (Å²) in [5.74, 6) is 2.02. The molecular formula is C42H29N3S. The molecule has 0 N–H and O–H groups in total. The summed E-state index contributed by atoms with van der Waals surface area (Å²) in [4.78, 5) is 14.8. The number of nitrogens with zero attached hydrogens (tertiary/aromatic N) is 3. The Labute approximate surface area is 271 Å². The Hall–Kier alpha value is -5.45. The van der Waals surface area contributed by atoms with Crippen molar-refractivity contribution in [1.29, 1.82) is 0 Å². The Morgan fingerprint density at radius 3 is 1.70 bits per heavy atom. The van der Waals surface area contributed by atoms with E-state index in [2.05, 4.69) is 92.7 Å². The highest BCUT2D eigenvalue weighted by Gasteiger charge is 2.35. The Balaban J connectivity index is 1.14. The number of aromatic nitrogens is 3. The summed E-state index contributed by atoms with van der Waals surface area (Å²) in [5, 5.41) is 2.52. The van der Waals surface area contributed by atoms with E-state index in [4.69, 9.17) is 15.0 Å². The first kappa shape index (κ1) is 26.9. The lowest BCUT2D eigenvalue weighted by Crippen LogP contribution is -2.14. The third-order valence-electron chi connectivity index (χ3n) is 9.35. The van der Waals surface area contributed by atoms with Gasteiger partial charge in [-0.2, -0.15) is 0 Å². The smallest absolute Gasteiger partial charge is 0.164 e. The zero-order valence-electron chi connectivity index (χ0n) is 25.5. The quantitative estimate of drug-likeness (QED) is 0.200. The lowest BCUT2D eigenvalue weighted by molar-refractivity contribution is 0.660. The number of hydrogen-bond donors (Lipinski definition) is 0. The molecule has 3 nitrogen and oxygen atoms in total. The number of rotatable bonds is 4. The highest BCUT2D eigenvalue weighted by Crippen LogP contribution is 2.49. The molecule has 218 valence electrons. The monoisotopic (exact) mass is 607 g/mol. The maximum Gasteiger partial charge on any atom is 0.164 e. The fraction of sp³-hybridized carbons (Fsp3) is 0.0714. The molecule has 9 rings (SSSR count). The molecule has 0 radical (unpaired) electrons. The van der Waals surface area contributed by atoms with Gasteiger partial charge in [-0.25, -0.2) is 15.0 Å². The molecular weight excluding hydrogens is 579 g/mol. The van der Waals surface area contributed by atoms with Gasteiger partial charge >= 0.3 is 0 Å². The fourth-order valence-corrected chi connectivity index (χ4v) is 8.06. The van der Waals surface area contributed by atoms with Gasteiger partial charge in [-0.15, -0.1) is 11.3 Å². The lowest BCUT2D eigenvalue weighted by atomic mass is 9.82. The summed E-state index contributed by atoms with van der Waals surface area (Å²) >= 11 is 1.81. The van der Waals surface area contributed by atoms with Gasteiger partial charge in [-0.05, 0) is 57.6 Å². The van der Waals surface area contributed by atoms with Crippen molar-refractivity contribution in [3.8, 4) is 56.4 Å². The number of benzene rings is 6. The third kappa shape index (κ3) is 4.29. The molecule has 6 aromatic carbocycles. The van der Waals surface area contributed by atoms with Crippen molar-refractivity contribution < 1.29 is 0 Å². The van der Waals surface area contributed by atoms with Crippen LogP contribution >= 0.6 is 11.3 Å². The molecule has 0 saturated heterocycles. The Kier molecular flexibility index (Phi) is 6.02. The van der Waals surface area contributed by atoms with Crippen LogP contribution in [0.2, 0.25) is 0 Å². The van der Waals surface area contributed by atoms with Gasteiger partial charge < -0.3 is 0 Å². The molecule has 46 heavy (non-hydrogen) atoms. The van der Waals surface area contributed by atoms with Gasteiger partial charge in [0, 0.05) is 42.3 Å². The van der Waals surface area contributed by atoms with E-state index in [-0.39, 0.29) is 5.41 Å². The molecule has 0 unspecified atom stereocenters. The van der Waals surface area contributed by atoms with E-state index in [0.29, 0.717) is 17.5 Å². The van der Waals surface area contributed by atoms with Crippen LogP contribution in [0.25, 0.3) is 76.6 Å². The number of thiophene rings is 1. The van der Waals surface area contributed by atoms with Crippen molar-refractivity contribution in [2.45, 2.75) is 19.3 Å². The van der Waals surface area contributed by atoms with Crippen LogP contribution < -0.4 is 0 Å². The van der Waals surface area contributed by atoms with E-state index in [1.54, 1.807) is 0 Å². The maximum atomic E-state index is 4.95. The molecule has 4 heteroatoms. The highest BCUT2D eigenvalue weighted by molar-refractivity contribution is 7.25. The van der Waals surface area contributed by atoms with E-state index in [1.807, 2.05) is 72.0 Å². The number of hydrogen-bond acceptors (Lipinski definition) is 4. The van der Waals surface area contributed by atoms with E-state index < -0.39 is 0 Å². The van der Waals surface area contributed by atoms with Gasteiger partial charge in [0.2, 0.25) is 0 Å². The second-order valence-electron chi connectivity index (χ2n) is 12.5. The minimum Gasteiger partial charge on any atom is -0.208 e. The molecule has 0 bridgehead atoms. The average Bonchev–Trinajstić information content (AvgIpc) is 3.59. The molecule has 2 heterocycles. The van der Waals surface area contributed by atoms with Crippen molar-refractivity contribution in [1.82, 2.24) is 15.0 Å². The zero-order chi connectivity index (χ0) is 30.8. The molecule has 0 atom stereocenters. The summed E-state index contributed by atoms with van der Waals surface area (Å²) in [5.41, 5.74) is 10.9. The van der Waals surface area contributed by atoms with Crippen molar-refractivity contribution in [3.63, 3.8) is 0 Å². The molecule has 1 aliphatic rings.